The molecule has 0 aliphatic carbocycles. The quantitative estimate of drug-likeness (QED) is 0.325. The van der Waals surface area contributed by atoms with Crippen molar-refractivity contribution in [3.8, 4) is 0 Å². The third kappa shape index (κ3) is 9.21. The minimum Gasteiger partial charge on any atom is -0.378 e. The van der Waals surface area contributed by atoms with Crippen molar-refractivity contribution < 1.29 is 23.8 Å². The van der Waals surface area contributed by atoms with Crippen LogP contribution in [0.1, 0.15) is 10.4 Å². The topological polar surface area (TPSA) is 112 Å². The van der Waals surface area contributed by atoms with E-state index in [-0.39, 0.29) is 5.91 Å². The Hall–Kier alpha value is -2.00. The van der Waals surface area contributed by atoms with Crippen LogP contribution < -0.4 is 16.4 Å². The van der Waals surface area contributed by atoms with Crippen molar-refractivity contribution >= 4 is 18.0 Å². The summed E-state index contributed by atoms with van der Waals surface area (Å²) in [7, 11) is 0. The summed E-state index contributed by atoms with van der Waals surface area (Å²) < 4.78 is 15.8. The average molecular weight is 339 g/mol. The highest BCUT2D eigenvalue weighted by atomic mass is 16.5. The molecule has 8 nitrogen and oxygen atoms in total. The molecule has 0 spiro atoms. The number of hydrogen-bond acceptors (Lipinski definition) is 6. The lowest BCUT2D eigenvalue weighted by Gasteiger charge is -2.08. The van der Waals surface area contributed by atoms with Gasteiger partial charge in [0.05, 0.1) is 39.6 Å². The molecule has 8 heteroatoms. The van der Waals surface area contributed by atoms with Crippen molar-refractivity contribution in [3.05, 3.63) is 29.8 Å². The Morgan fingerprint density at radius 1 is 1.04 bits per heavy atom. The summed E-state index contributed by atoms with van der Waals surface area (Å²) in [6.07, 6.45) is 0.567. The summed E-state index contributed by atoms with van der Waals surface area (Å²) in [5.74, 6) is -0.221. The lowest BCUT2D eigenvalue weighted by Crippen LogP contribution is -2.27. The van der Waals surface area contributed by atoms with Gasteiger partial charge in [0.1, 0.15) is 0 Å². The van der Waals surface area contributed by atoms with Gasteiger partial charge in [-0.2, -0.15) is 0 Å². The molecule has 1 rings (SSSR count). The molecule has 0 unspecified atom stereocenters. The molecule has 4 N–H and O–H groups in total. The first-order valence-electron chi connectivity index (χ1n) is 7.79. The van der Waals surface area contributed by atoms with E-state index in [4.69, 9.17) is 19.9 Å². The van der Waals surface area contributed by atoms with Crippen LogP contribution in [0.2, 0.25) is 0 Å². The number of nitrogens with one attached hydrogen (secondary N) is 2. The fourth-order valence-corrected chi connectivity index (χ4v) is 1.78. The van der Waals surface area contributed by atoms with E-state index in [1.165, 1.54) is 0 Å². The molecule has 1 aromatic rings. The van der Waals surface area contributed by atoms with Gasteiger partial charge < -0.3 is 30.6 Å². The van der Waals surface area contributed by atoms with Gasteiger partial charge in [0.2, 0.25) is 6.41 Å². The Balaban J connectivity index is 2.03. The first-order valence-corrected chi connectivity index (χ1v) is 7.79. The minimum absolute atomic E-state index is 0.221. The molecule has 0 aliphatic heterocycles. The molecule has 0 aromatic heterocycles. The summed E-state index contributed by atoms with van der Waals surface area (Å²) in [6.45, 7) is 3.77. The lowest BCUT2D eigenvalue weighted by molar-refractivity contribution is -0.105. The van der Waals surface area contributed by atoms with Crippen LogP contribution >= 0.6 is 0 Å². The van der Waals surface area contributed by atoms with Gasteiger partial charge in [-0.25, -0.2) is 0 Å². The van der Waals surface area contributed by atoms with Gasteiger partial charge >= 0.3 is 0 Å². The zero-order valence-corrected chi connectivity index (χ0v) is 13.7. The normalized spacial score (nSPS) is 10.4. The largest absolute Gasteiger partial charge is 0.378 e. The maximum atomic E-state index is 11.9. The van der Waals surface area contributed by atoms with E-state index in [2.05, 4.69) is 10.6 Å². The Labute approximate surface area is 141 Å². The van der Waals surface area contributed by atoms with Crippen molar-refractivity contribution in [1.82, 2.24) is 5.32 Å². The summed E-state index contributed by atoms with van der Waals surface area (Å²) >= 11 is 0. The molecule has 0 fully saturated rings. The van der Waals surface area contributed by atoms with Crippen molar-refractivity contribution in [1.29, 1.82) is 0 Å². The molecular formula is C16H25N3O5. The second kappa shape index (κ2) is 13.4. The Morgan fingerprint density at radius 2 is 1.71 bits per heavy atom. The van der Waals surface area contributed by atoms with E-state index in [9.17, 15) is 9.59 Å². The van der Waals surface area contributed by atoms with Crippen LogP contribution in [0.4, 0.5) is 5.69 Å². The third-order valence-electron chi connectivity index (χ3n) is 2.89. The van der Waals surface area contributed by atoms with E-state index in [1.807, 2.05) is 0 Å². The van der Waals surface area contributed by atoms with Crippen LogP contribution in [-0.2, 0) is 19.0 Å². The van der Waals surface area contributed by atoms with Gasteiger partial charge in [0, 0.05) is 24.3 Å². The summed E-state index contributed by atoms with van der Waals surface area (Å²) in [4.78, 5) is 22.3. The number of rotatable bonds is 14. The fourth-order valence-electron chi connectivity index (χ4n) is 1.78. The van der Waals surface area contributed by atoms with Crippen LogP contribution in [0.3, 0.4) is 0 Å². The number of carbonyl (C=O) groups excluding carboxylic acids is 2. The smallest absolute Gasteiger partial charge is 0.251 e. The van der Waals surface area contributed by atoms with Gasteiger partial charge in [-0.15, -0.1) is 0 Å². The van der Waals surface area contributed by atoms with Gasteiger partial charge in [0.15, 0.2) is 0 Å². The maximum Gasteiger partial charge on any atom is 0.251 e. The number of hydrogen-bond donors (Lipinski definition) is 3. The van der Waals surface area contributed by atoms with Crippen LogP contribution in [0.25, 0.3) is 0 Å². The second-order valence-corrected chi connectivity index (χ2v) is 4.72. The van der Waals surface area contributed by atoms with Crippen LogP contribution in [-0.4, -0.2) is 65.0 Å². The predicted octanol–water partition coefficient (Wildman–Crippen LogP) is -0.00680. The molecule has 0 bridgehead atoms. The molecular weight excluding hydrogens is 314 g/mol. The second-order valence-electron chi connectivity index (χ2n) is 4.72. The number of benzene rings is 1. The van der Waals surface area contributed by atoms with E-state index in [0.29, 0.717) is 70.4 Å². The van der Waals surface area contributed by atoms with E-state index < -0.39 is 0 Å². The molecule has 0 saturated carbocycles. The monoisotopic (exact) mass is 339 g/mol. The van der Waals surface area contributed by atoms with Gasteiger partial charge in [-0.05, 0) is 18.2 Å². The van der Waals surface area contributed by atoms with E-state index in [0.717, 1.165) is 0 Å². The molecule has 2 amide bonds. The molecule has 0 aliphatic rings. The molecule has 0 heterocycles. The standard InChI is InChI=1S/C16H25N3O5/c17-4-6-22-8-10-24-11-9-23-7-5-18-16(21)14-2-1-3-15(12-14)19-13-20/h1-3,12-13H,4-11,17H2,(H,18,21)(H,19,20). The fraction of sp³-hybridized carbons (Fsp3) is 0.500. The molecule has 24 heavy (non-hydrogen) atoms. The number of nitrogens with two attached hydrogens (primary N) is 1. The lowest BCUT2D eigenvalue weighted by atomic mass is 10.2. The molecule has 1 aromatic carbocycles. The molecule has 134 valence electrons. The summed E-state index contributed by atoms with van der Waals surface area (Å²) in [5.41, 5.74) is 6.33. The Kier molecular flexibility index (Phi) is 11.2. The molecule has 0 radical (unpaired) electrons. The third-order valence-corrected chi connectivity index (χ3v) is 2.89. The first-order chi connectivity index (χ1) is 11.8. The number of amides is 2. The SMILES string of the molecule is NCCOCCOCCOCCNC(=O)c1cccc(NC=O)c1. The van der Waals surface area contributed by atoms with Gasteiger partial charge in [-0.3, -0.25) is 9.59 Å². The van der Waals surface area contributed by atoms with Crippen molar-refractivity contribution in [3.63, 3.8) is 0 Å². The van der Waals surface area contributed by atoms with Gasteiger partial charge in [0.25, 0.3) is 5.91 Å². The Morgan fingerprint density at radius 3 is 2.38 bits per heavy atom. The van der Waals surface area contributed by atoms with Crippen molar-refractivity contribution in [2.75, 3.05) is 58.0 Å². The maximum absolute atomic E-state index is 11.9. The number of anilines is 1. The first kappa shape index (κ1) is 20.0. The number of ether oxygens (including phenoxy) is 3. The van der Waals surface area contributed by atoms with E-state index >= 15 is 0 Å². The summed E-state index contributed by atoms with van der Waals surface area (Å²) in [5, 5.41) is 5.24. The van der Waals surface area contributed by atoms with Crippen LogP contribution in [0, 0.1) is 0 Å². The zero-order chi connectivity index (χ0) is 17.5. The van der Waals surface area contributed by atoms with Crippen LogP contribution in [0.5, 0.6) is 0 Å². The molecule has 0 saturated heterocycles. The summed E-state index contributed by atoms with van der Waals surface area (Å²) in [6, 6.07) is 6.68. The Bertz CT molecular complexity index is 485. The number of carbonyl (C=O) groups is 2. The highest BCUT2D eigenvalue weighted by molar-refractivity contribution is 5.95. The van der Waals surface area contributed by atoms with Crippen molar-refractivity contribution in [2.24, 2.45) is 5.73 Å². The van der Waals surface area contributed by atoms with Gasteiger partial charge in [-0.1, -0.05) is 6.07 Å². The highest BCUT2D eigenvalue weighted by Gasteiger charge is 2.05. The highest BCUT2D eigenvalue weighted by Crippen LogP contribution is 2.09. The van der Waals surface area contributed by atoms with E-state index in [1.54, 1.807) is 24.3 Å². The minimum atomic E-state index is -0.221. The zero-order valence-electron chi connectivity index (χ0n) is 13.7. The average Bonchev–Trinajstić information content (AvgIpc) is 2.60. The predicted molar refractivity (Wildman–Crippen MR) is 90.0 cm³/mol. The van der Waals surface area contributed by atoms with Crippen LogP contribution in [0.15, 0.2) is 24.3 Å². The molecule has 0 atom stereocenters. The van der Waals surface area contributed by atoms with Crippen molar-refractivity contribution in [2.45, 2.75) is 0 Å².